The molecule has 0 radical (unpaired) electrons. The van der Waals surface area contributed by atoms with Crippen molar-refractivity contribution >= 4 is 45.0 Å². The molecule has 0 saturated heterocycles. The van der Waals surface area contributed by atoms with E-state index in [0.29, 0.717) is 17.4 Å². The maximum absolute atomic E-state index is 5.95. The molecule has 0 aliphatic carbocycles. The van der Waals surface area contributed by atoms with E-state index in [1.165, 1.54) is 0 Å². The van der Waals surface area contributed by atoms with Gasteiger partial charge in [-0.25, -0.2) is 0 Å². The molecule has 6 heteroatoms. The largest absolute Gasteiger partial charge is 0.497 e. The summed E-state index contributed by atoms with van der Waals surface area (Å²) in [7, 11) is 3.29. The van der Waals surface area contributed by atoms with Crippen molar-refractivity contribution in [1.29, 1.82) is 0 Å². The molecule has 28 heavy (non-hydrogen) atoms. The first-order chi connectivity index (χ1) is 13.7. The molecule has 0 amide bonds. The lowest BCUT2D eigenvalue weighted by atomic mass is 10.1. The minimum absolute atomic E-state index is 0.504. The Bertz CT molecular complexity index is 1140. The number of nitrogens with one attached hydrogen (secondary N) is 2. The molecule has 0 unspecified atom stereocenters. The van der Waals surface area contributed by atoms with Crippen LogP contribution in [0.4, 0.5) is 5.69 Å². The van der Waals surface area contributed by atoms with Crippen LogP contribution in [0, 0.1) is 0 Å². The van der Waals surface area contributed by atoms with Gasteiger partial charge in [0.1, 0.15) is 22.7 Å². The minimum atomic E-state index is 0.504. The molecule has 3 aromatic carbocycles. The van der Waals surface area contributed by atoms with Gasteiger partial charge in [0.05, 0.1) is 19.9 Å². The topological polar surface area (TPSA) is 55.7 Å². The molecular weight excluding hydrogens is 372 g/mol. The summed E-state index contributed by atoms with van der Waals surface area (Å²) in [5, 5.41) is 8.98. The Morgan fingerprint density at radius 3 is 2.46 bits per heavy atom. The van der Waals surface area contributed by atoms with Crippen molar-refractivity contribution in [2.24, 2.45) is 0 Å². The van der Waals surface area contributed by atoms with E-state index in [1.54, 1.807) is 14.2 Å². The third-order valence-corrected chi connectivity index (χ3v) is 4.81. The molecule has 0 aliphatic rings. The van der Waals surface area contributed by atoms with E-state index in [-0.39, 0.29) is 0 Å². The van der Waals surface area contributed by atoms with E-state index < -0.39 is 0 Å². The lowest BCUT2D eigenvalue weighted by molar-refractivity contribution is 0.414. The third-order valence-electron chi connectivity index (χ3n) is 4.56. The second-order valence-electron chi connectivity index (χ2n) is 6.30. The quantitative estimate of drug-likeness (QED) is 0.462. The number of fused-ring (bicyclic) bond motifs is 3. The zero-order valence-corrected chi connectivity index (χ0v) is 16.4. The number of benzene rings is 3. The van der Waals surface area contributed by atoms with Gasteiger partial charge in [0.15, 0.2) is 5.11 Å². The number of methoxy groups -OCH3 is 2. The average molecular weight is 392 g/mol. The highest BCUT2D eigenvalue weighted by Crippen LogP contribution is 2.36. The van der Waals surface area contributed by atoms with E-state index in [2.05, 4.69) is 10.6 Å². The van der Waals surface area contributed by atoms with E-state index >= 15 is 0 Å². The van der Waals surface area contributed by atoms with Gasteiger partial charge in [-0.15, -0.1) is 0 Å². The highest BCUT2D eigenvalue weighted by molar-refractivity contribution is 7.80. The molecule has 0 atom stereocenters. The van der Waals surface area contributed by atoms with Gasteiger partial charge in [-0.1, -0.05) is 30.3 Å². The first-order valence-electron chi connectivity index (χ1n) is 8.85. The number of thiocarbonyl (C=S) groups is 1. The second kappa shape index (κ2) is 7.78. The van der Waals surface area contributed by atoms with Crippen molar-refractivity contribution in [3.05, 3.63) is 66.2 Å². The van der Waals surface area contributed by atoms with E-state index in [1.807, 2.05) is 60.7 Å². The Morgan fingerprint density at radius 1 is 0.929 bits per heavy atom. The van der Waals surface area contributed by atoms with Crippen molar-refractivity contribution in [2.75, 3.05) is 19.5 Å². The van der Waals surface area contributed by atoms with Crippen LogP contribution in [0.3, 0.4) is 0 Å². The second-order valence-corrected chi connectivity index (χ2v) is 6.71. The van der Waals surface area contributed by atoms with Crippen LogP contribution in [0.15, 0.2) is 65.1 Å². The molecule has 1 heterocycles. The highest BCUT2D eigenvalue weighted by Gasteiger charge is 2.13. The van der Waals surface area contributed by atoms with Gasteiger partial charge in [-0.3, -0.25) is 0 Å². The number of ether oxygens (including phenoxy) is 2. The molecule has 0 saturated carbocycles. The molecule has 142 valence electrons. The molecule has 2 N–H and O–H groups in total. The maximum atomic E-state index is 5.95. The Kier molecular flexibility index (Phi) is 5.04. The van der Waals surface area contributed by atoms with Crippen LogP contribution >= 0.6 is 12.2 Å². The van der Waals surface area contributed by atoms with Crippen LogP contribution in [-0.2, 0) is 6.54 Å². The Hall–Kier alpha value is -3.25. The molecule has 5 nitrogen and oxygen atoms in total. The van der Waals surface area contributed by atoms with Crippen molar-refractivity contribution < 1.29 is 13.9 Å². The molecule has 0 aliphatic heterocycles. The predicted molar refractivity (Wildman–Crippen MR) is 116 cm³/mol. The Balaban J connectivity index is 1.52. The fourth-order valence-corrected chi connectivity index (χ4v) is 3.29. The van der Waals surface area contributed by atoms with Crippen LogP contribution in [0.1, 0.15) is 5.56 Å². The monoisotopic (exact) mass is 392 g/mol. The van der Waals surface area contributed by atoms with Gasteiger partial charge < -0.3 is 24.5 Å². The minimum Gasteiger partial charge on any atom is -0.497 e. The van der Waals surface area contributed by atoms with Gasteiger partial charge in [0.2, 0.25) is 0 Å². The lowest BCUT2D eigenvalue weighted by Gasteiger charge is -2.14. The molecule has 0 bridgehead atoms. The molecular formula is C22H20N2O3S. The van der Waals surface area contributed by atoms with Crippen LogP contribution in [0.2, 0.25) is 0 Å². The first kappa shape index (κ1) is 18.1. The van der Waals surface area contributed by atoms with E-state index in [4.69, 9.17) is 26.1 Å². The van der Waals surface area contributed by atoms with Crippen LogP contribution in [0.25, 0.3) is 21.9 Å². The van der Waals surface area contributed by atoms with E-state index in [0.717, 1.165) is 38.9 Å². The fourth-order valence-electron chi connectivity index (χ4n) is 3.11. The summed E-state index contributed by atoms with van der Waals surface area (Å²) in [5.41, 5.74) is 3.48. The van der Waals surface area contributed by atoms with Crippen molar-refractivity contribution in [3.8, 4) is 11.5 Å². The third kappa shape index (κ3) is 3.59. The summed E-state index contributed by atoms with van der Waals surface area (Å²) in [6.07, 6.45) is 0. The van der Waals surface area contributed by atoms with Gasteiger partial charge in [-0.05, 0) is 42.0 Å². The molecule has 0 fully saturated rings. The number of rotatable bonds is 5. The molecule has 0 spiro atoms. The average Bonchev–Trinajstić information content (AvgIpc) is 3.09. The summed E-state index contributed by atoms with van der Waals surface area (Å²) >= 11 is 5.45. The fraction of sp³-hybridized carbons (Fsp3) is 0.136. The molecule has 4 rings (SSSR count). The maximum Gasteiger partial charge on any atom is 0.171 e. The zero-order chi connectivity index (χ0) is 19.5. The smallest absolute Gasteiger partial charge is 0.171 e. The SMILES string of the molecule is COc1ccc(CNC(=S)Nc2cc3oc4ccccc4c3cc2OC)cc1. The summed E-state index contributed by atoms with van der Waals surface area (Å²) in [6.45, 7) is 0.602. The number of anilines is 1. The first-order valence-corrected chi connectivity index (χ1v) is 9.26. The predicted octanol–water partition coefficient (Wildman–Crippen LogP) is 5.09. The molecule has 4 aromatic rings. The summed E-state index contributed by atoms with van der Waals surface area (Å²) in [5.74, 6) is 1.53. The Morgan fingerprint density at radius 2 is 1.71 bits per heavy atom. The van der Waals surface area contributed by atoms with Crippen molar-refractivity contribution in [2.45, 2.75) is 6.54 Å². The van der Waals surface area contributed by atoms with Gasteiger partial charge >= 0.3 is 0 Å². The van der Waals surface area contributed by atoms with Crippen LogP contribution in [0.5, 0.6) is 11.5 Å². The van der Waals surface area contributed by atoms with Gasteiger partial charge in [0.25, 0.3) is 0 Å². The summed E-state index contributed by atoms with van der Waals surface area (Å²) < 4.78 is 16.7. The standard InChI is InChI=1S/C22H20N2O3S/c1-25-15-9-7-14(8-10-15)13-23-22(28)24-18-12-20-17(11-21(18)26-2)16-5-3-4-6-19(16)27-20/h3-12H,13H2,1-2H3,(H2,23,24,28). The summed E-state index contributed by atoms with van der Waals surface area (Å²) in [6, 6.07) is 19.7. The Labute approximate surface area is 168 Å². The van der Waals surface area contributed by atoms with Gasteiger partial charge in [-0.2, -0.15) is 0 Å². The van der Waals surface area contributed by atoms with Crippen molar-refractivity contribution in [1.82, 2.24) is 5.32 Å². The normalized spacial score (nSPS) is 10.8. The van der Waals surface area contributed by atoms with E-state index in [9.17, 15) is 0 Å². The summed E-state index contributed by atoms with van der Waals surface area (Å²) in [4.78, 5) is 0. The van der Waals surface area contributed by atoms with Gasteiger partial charge in [0, 0.05) is 23.4 Å². The van der Waals surface area contributed by atoms with Crippen molar-refractivity contribution in [3.63, 3.8) is 0 Å². The number of hydrogen-bond donors (Lipinski definition) is 2. The number of para-hydroxylation sites is 1. The molecule has 1 aromatic heterocycles. The van der Waals surface area contributed by atoms with Crippen LogP contribution in [-0.4, -0.2) is 19.3 Å². The number of furan rings is 1. The van der Waals surface area contributed by atoms with Crippen LogP contribution < -0.4 is 20.1 Å². The zero-order valence-electron chi connectivity index (χ0n) is 15.6. The number of hydrogen-bond acceptors (Lipinski definition) is 4. The lowest BCUT2D eigenvalue weighted by Crippen LogP contribution is -2.28. The highest BCUT2D eigenvalue weighted by atomic mass is 32.1.